The molecule has 0 spiro atoms. The molecule has 15 heavy (non-hydrogen) atoms. The molecule has 0 aliphatic carbocycles. The summed E-state index contributed by atoms with van der Waals surface area (Å²) in [6, 6.07) is 3.70. The molecule has 1 radical (unpaired) electrons. The van der Waals surface area contributed by atoms with E-state index >= 15 is 0 Å². The molecule has 0 bridgehead atoms. The van der Waals surface area contributed by atoms with Crippen molar-refractivity contribution in [2.75, 3.05) is 20.3 Å². The summed E-state index contributed by atoms with van der Waals surface area (Å²) in [7, 11) is 1.60. The summed E-state index contributed by atoms with van der Waals surface area (Å²) in [4.78, 5) is 0. The normalized spacial score (nSPS) is 9.87. The predicted octanol–water partition coefficient (Wildman–Crippen LogP) is 2.67. The zero-order valence-electron chi connectivity index (χ0n) is 9.50. The quantitative estimate of drug-likeness (QED) is 0.746. The van der Waals surface area contributed by atoms with Crippen molar-refractivity contribution in [1.29, 1.82) is 0 Å². The van der Waals surface area contributed by atoms with Gasteiger partial charge in [0, 0.05) is 0 Å². The molecule has 0 aliphatic heterocycles. The number of methoxy groups -OCH3 is 1. The third-order valence-corrected chi connectivity index (χ3v) is 1.95. The van der Waals surface area contributed by atoms with Crippen molar-refractivity contribution in [1.82, 2.24) is 0 Å². The molecule has 1 aromatic rings. The van der Waals surface area contributed by atoms with Crippen LogP contribution in [0.4, 0.5) is 0 Å². The maximum Gasteiger partial charge on any atom is 0.203 e. The minimum absolute atomic E-state index is 0.569. The second-order valence-electron chi connectivity index (χ2n) is 2.95. The van der Waals surface area contributed by atoms with Crippen LogP contribution in [0, 0.1) is 6.92 Å². The summed E-state index contributed by atoms with van der Waals surface area (Å²) in [6.07, 6.45) is 0. The number of benzene rings is 1. The Hall–Kier alpha value is -1.38. The van der Waals surface area contributed by atoms with Gasteiger partial charge in [-0.15, -0.1) is 0 Å². The van der Waals surface area contributed by atoms with Crippen LogP contribution in [0.25, 0.3) is 0 Å². The first-order valence-electron chi connectivity index (χ1n) is 5.03. The Morgan fingerprint density at radius 2 is 1.73 bits per heavy atom. The largest absolute Gasteiger partial charge is 0.492 e. The zero-order chi connectivity index (χ0) is 11.3. The highest BCUT2D eigenvalue weighted by Gasteiger charge is 2.13. The van der Waals surface area contributed by atoms with Crippen LogP contribution in [0.1, 0.15) is 19.4 Å². The van der Waals surface area contributed by atoms with Crippen LogP contribution in [0.2, 0.25) is 0 Å². The predicted molar refractivity (Wildman–Crippen MR) is 59.8 cm³/mol. The molecular weight excluding hydrogens is 192 g/mol. The van der Waals surface area contributed by atoms with Crippen molar-refractivity contribution in [2.45, 2.75) is 13.8 Å². The molecule has 0 aliphatic rings. The van der Waals surface area contributed by atoms with Crippen molar-refractivity contribution in [3.05, 3.63) is 24.6 Å². The van der Waals surface area contributed by atoms with Crippen molar-refractivity contribution in [2.24, 2.45) is 0 Å². The number of hydrogen-bond acceptors (Lipinski definition) is 3. The highest BCUT2D eigenvalue weighted by atomic mass is 16.5. The second-order valence-corrected chi connectivity index (χ2v) is 2.95. The van der Waals surface area contributed by atoms with E-state index in [1.54, 1.807) is 7.11 Å². The monoisotopic (exact) mass is 209 g/mol. The summed E-state index contributed by atoms with van der Waals surface area (Å²) in [5, 5.41) is 0. The molecule has 0 heterocycles. The highest BCUT2D eigenvalue weighted by molar-refractivity contribution is 5.56. The molecule has 1 rings (SSSR count). The van der Waals surface area contributed by atoms with Gasteiger partial charge in [0.1, 0.15) is 0 Å². The fraction of sp³-hybridized carbons (Fsp3) is 0.417. The van der Waals surface area contributed by atoms with Crippen LogP contribution in [-0.2, 0) is 0 Å². The summed E-state index contributed by atoms with van der Waals surface area (Å²) in [5.74, 6) is 1.97. The number of ether oxygens (including phenoxy) is 3. The molecule has 0 N–H and O–H groups in total. The maximum atomic E-state index is 5.50. The average molecular weight is 209 g/mol. The van der Waals surface area contributed by atoms with Gasteiger partial charge < -0.3 is 14.2 Å². The highest BCUT2D eigenvalue weighted by Crippen LogP contribution is 2.39. The van der Waals surface area contributed by atoms with Gasteiger partial charge in [-0.25, -0.2) is 0 Å². The van der Waals surface area contributed by atoms with E-state index in [4.69, 9.17) is 14.2 Å². The van der Waals surface area contributed by atoms with Gasteiger partial charge in [-0.1, -0.05) is 6.07 Å². The lowest BCUT2D eigenvalue weighted by Crippen LogP contribution is -2.01. The van der Waals surface area contributed by atoms with Crippen LogP contribution in [0.5, 0.6) is 17.2 Å². The minimum atomic E-state index is 0.569. The zero-order valence-corrected chi connectivity index (χ0v) is 9.50. The van der Waals surface area contributed by atoms with Crippen molar-refractivity contribution < 1.29 is 14.2 Å². The van der Waals surface area contributed by atoms with E-state index in [2.05, 4.69) is 6.92 Å². The molecule has 0 saturated carbocycles. The SMILES string of the molecule is [CH2]c1ccc(OCC)c(OCC)c1OC. The van der Waals surface area contributed by atoms with E-state index in [0.717, 1.165) is 5.56 Å². The van der Waals surface area contributed by atoms with Gasteiger partial charge >= 0.3 is 0 Å². The lowest BCUT2D eigenvalue weighted by Gasteiger charge is -2.15. The van der Waals surface area contributed by atoms with Crippen molar-refractivity contribution >= 4 is 0 Å². The van der Waals surface area contributed by atoms with Crippen LogP contribution in [-0.4, -0.2) is 20.3 Å². The number of rotatable bonds is 5. The van der Waals surface area contributed by atoms with E-state index in [1.807, 2.05) is 26.0 Å². The second kappa shape index (κ2) is 5.49. The van der Waals surface area contributed by atoms with E-state index in [0.29, 0.717) is 30.5 Å². The van der Waals surface area contributed by atoms with Crippen LogP contribution in [0.15, 0.2) is 12.1 Å². The van der Waals surface area contributed by atoms with Gasteiger partial charge in [0.2, 0.25) is 5.75 Å². The molecular formula is C12H17O3. The Kier molecular flexibility index (Phi) is 4.28. The standard InChI is InChI=1S/C12H17O3/c1-5-14-10-8-7-9(3)11(13-4)12(10)15-6-2/h7-8H,3,5-6H2,1-2,4H3. The molecule has 3 heteroatoms. The van der Waals surface area contributed by atoms with Crippen LogP contribution >= 0.6 is 0 Å². The van der Waals surface area contributed by atoms with Gasteiger partial charge in [0.25, 0.3) is 0 Å². The molecule has 1 aromatic carbocycles. The van der Waals surface area contributed by atoms with Gasteiger partial charge in [-0.2, -0.15) is 0 Å². The molecule has 83 valence electrons. The Morgan fingerprint density at radius 3 is 2.27 bits per heavy atom. The average Bonchev–Trinajstić information content (AvgIpc) is 2.23. The lowest BCUT2D eigenvalue weighted by molar-refractivity contribution is 0.271. The molecule has 0 atom stereocenters. The Balaban J connectivity index is 3.15. The van der Waals surface area contributed by atoms with E-state index in [-0.39, 0.29) is 0 Å². The van der Waals surface area contributed by atoms with Crippen LogP contribution in [0.3, 0.4) is 0 Å². The van der Waals surface area contributed by atoms with Gasteiger partial charge in [0.15, 0.2) is 11.5 Å². The van der Waals surface area contributed by atoms with E-state index < -0.39 is 0 Å². The summed E-state index contributed by atoms with van der Waals surface area (Å²) in [6.45, 7) is 8.89. The lowest BCUT2D eigenvalue weighted by atomic mass is 10.2. The van der Waals surface area contributed by atoms with Gasteiger partial charge in [0.05, 0.1) is 20.3 Å². The maximum absolute atomic E-state index is 5.50. The molecule has 0 fully saturated rings. The fourth-order valence-electron chi connectivity index (χ4n) is 1.36. The Bertz CT molecular complexity index is 321. The fourth-order valence-corrected chi connectivity index (χ4v) is 1.36. The summed E-state index contributed by atoms with van der Waals surface area (Å²) < 4.78 is 16.2. The topological polar surface area (TPSA) is 27.7 Å². The smallest absolute Gasteiger partial charge is 0.203 e. The first-order valence-corrected chi connectivity index (χ1v) is 5.03. The van der Waals surface area contributed by atoms with Crippen LogP contribution < -0.4 is 14.2 Å². The molecule has 3 nitrogen and oxygen atoms in total. The van der Waals surface area contributed by atoms with Gasteiger partial charge in [-0.3, -0.25) is 0 Å². The molecule has 0 aromatic heterocycles. The minimum Gasteiger partial charge on any atom is -0.492 e. The number of hydrogen-bond donors (Lipinski definition) is 0. The van der Waals surface area contributed by atoms with Crippen molar-refractivity contribution in [3.63, 3.8) is 0 Å². The van der Waals surface area contributed by atoms with Crippen molar-refractivity contribution in [3.8, 4) is 17.2 Å². The summed E-state index contributed by atoms with van der Waals surface area (Å²) in [5.41, 5.74) is 0.796. The van der Waals surface area contributed by atoms with E-state index in [9.17, 15) is 0 Å². The van der Waals surface area contributed by atoms with E-state index in [1.165, 1.54) is 0 Å². The molecule has 0 saturated heterocycles. The molecule has 0 amide bonds. The Labute approximate surface area is 91.0 Å². The first kappa shape index (κ1) is 11.7. The molecule has 0 unspecified atom stereocenters. The third-order valence-electron chi connectivity index (χ3n) is 1.95. The third kappa shape index (κ3) is 2.55. The summed E-state index contributed by atoms with van der Waals surface area (Å²) >= 11 is 0. The van der Waals surface area contributed by atoms with Gasteiger partial charge in [-0.05, 0) is 32.4 Å². The Morgan fingerprint density at radius 1 is 1.07 bits per heavy atom. The first-order chi connectivity index (χ1) is 7.24.